The number of hydrogen-bond acceptors (Lipinski definition) is 5. The normalized spacial score (nSPS) is 20.6. The van der Waals surface area contributed by atoms with E-state index in [9.17, 15) is 4.79 Å². The number of hydrogen-bond donors (Lipinski definition) is 1. The van der Waals surface area contributed by atoms with Gasteiger partial charge in [-0.05, 0) is 19.8 Å². The summed E-state index contributed by atoms with van der Waals surface area (Å²) in [5, 5.41) is 2.89. The number of amides is 1. The summed E-state index contributed by atoms with van der Waals surface area (Å²) in [6.45, 7) is 2.77. The van der Waals surface area contributed by atoms with E-state index in [1.165, 1.54) is 0 Å². The van der Waals surface area contributed by atoms with Crippen LogP contribution in [0.4, 0.5) is 11.5 Å². The van der Waals surface area contributed by atoms with Crippen LogP contribution in [0.1, 0.15) is 18.7 Å². The van der Waals surface area contributed by atoms with Gasteiger partial charge in [0.25, 0.3) is 0 Å². The van der Waals surface area contributed by atoms with Crippen molar-refractivity contribution >= 4 is 17.4 Å². The minimum absolute atomic E-state index is 0.0464. The molecule has 4 heterocycles. The van der Waals surface area contributed by atoms with Crippen molar-refractivity contribution < 1.29 is 4.79 Å². The predicted molar refractivity (Wildman–Crippen MR) is 72.9 cm³/mol. The molecule has 7 heteroatoms. The molecule has 7 nitrogen and oxygen atoms in total. The van der Waals surface area contributed by atoms with Gasteiger partial charge in [-0.2, -0.15) is 4.98 Å². The Morgan fingerprint density at radius 3 is 3.10 bits per heavy atom. The van der Waals surface area contributed by atoms with Crippen LogP contribution in [0.15, 0.2) is 18.6 Å². The molecule has 0 aromatic carbocycles. The number of imidazole rings is 1. The van der Waals surface area contributed by atoms with Gasteiger partial charge in [0.15, 0.2) is 5.82 Å². The van der Waals surface area contributed by atoms with E-state index in [0.717, 1.165) is 31.0 Å². The summed E-state index contributed by atoms with van der Waals surface area (Å²) < 4.78 is 1.84. The zero-order chi connectivity index (χ0) is 13.7. The number of aromatic nitrogens is 4. The Morgan fingerprint density at radius 2 is 2.30 bits per heavy atom. The lowest BCUT2D eigenvalue weighted by molar-refractivity contribution is -0.117. The fraction of sp³-hybridized carbons (Fsp3) is 0.385. The molecule has 0 spiro atoms. The highest BCUT2D eigenvalue weighted by Crippen LogP contribution is 2.34. The van der Waals surface area contributed by atoms with E-state index in [0.29, 0.717) is 11.6 Å². The molecule has 2 aliphatic heterocycles. The summed E-state index contributed by atoms with van der Waals surface area (Å²) in [6.07, 6.45) is 7.12. The second-order valence-corrected chi connectivity index (χ2v) is 5.09. The number of nitrogens with one attached hydrogen (secondary N) is 1. The van der Waals surface area contributed by atoms with E-state index in [1.54, 1.807) is 12.4 Å². The van der Waals surface area contributed by atoms with E-state index in [1.807, 2.05) is 17.7 Å². The van der Waals surface area contributed by atoms with Gasteiger partial charge >= 0.3 is 0 Å². The molecule has 1 unspecified atom stereocenters. The number of fused-ring (bicyclic) bond motifs is 3. The molecule has 1 N–H and O–H groups in total. The summed E-state index contributed by atoms with van der Waals surface area (Å²) in [5.41, 5.74) is 0.690. The zero-order valence-electron chi connectivity index (χ0n) is 11.1. The summed E-state index contributed by atoms with van der Waals surface area (Å²) in [4.78, 5) is 27.2. The molecule has 2 aliphatic rings. The van der Waals surface area contributed by atoms with Gasteiger partial charge in [0, 0.05) is 18.9 Å². The van der Waals surface area contributed by atoms with E-state index in [4.69, 9.17) is 0 Å². The number of carbonyl (C=O) groups is 1. The number of carbonyl (C=O) groups excluding carboxylic acids is 1. The molecule has 1 amide bonds. The van der Waals surface area contributed by atoms with Crippen LogP contribution in [0.2, 0.25) is 0 Å². The average molecular weight is 270 g/mol. The van der Waals surface area contributed by atoms with Gasteiger partial charge in [-0.3, -0.25) is 9.36 Å². The first-order valence-electron chi connectivity index (χ1n) is 6.69. The first-order chi connectivity index (χ1) is 9.74. The van der Waals surface area contributed by atoms with Crippen LogP contribution in [0, 0.1) is 6.92 Å². The smallest absolute Gasteiger partial charge is 0.247 e. The number of rotatable bonds is 1. The lowest BCUT2D eigenvalue weighted by Gasteiger charge is -2.31. The van der Waals surface area contributed by atoms with Crippen LogP contribution in [-0.2, 0) is 4.79 Å². The highest BCUT2D eigenvalue weighted by atomic mass is 16.2. The largest absolute Gasteiger partial charge is 0.343 e. The van der Waals surface area contributed by atoms with Crippen LogP contribution < -0.4 is 10.2 Å². The fourth-order valence-corrected chi connectivity index (χ4v) is 2.89. The Bertz CT molecular complexity index is 694. The molecular formula is C13H14N6O. The van der Waals surface area contributed by atoms with Gasteiger partial charge in [0.1, 0.15) is 17.6 Å². The molecule has 1 atom stereocenters. The molecule has 1 fully saturated rings. The van der Waals surface area contributed by atoms with Crippen LogP contribution in [-0.4, -0.2) is 38.0 Å². The summed E-state index contributed by atoms with van der Waals surface area (Å²) in [6, 6.07) is -0.0888. The first kappa shape index (κ1) is 11.4. The topological polar surface area (TPSA) is 75.9 Å². The van der Waals surface area contributed by atoms with Gasteiger partial charge in [-0.25, -0.2) is 9.97 Å². The Hall–Kier alpha value is -2.44. The Kier molecular flexibility index (Phi) is 2.29. The van der Waals surface area contributed by atoms with Crippen molar-refractivity contribution in [2.75, 3.05) is 16.8 Å². The van der Waals surface area contributed by atoms with Gasteiger partial charge in [-0.15, -0.1) is 0 Å². The molecule has 20 heavy (non-hydrogen) atoms. The van der Waals surface area contributed by atoms with E-state index < -0.39 is 0 Å². The SMILES string of the molecule is Cc1nccn1-c1ncc2c(n1)N1CCCC1C(=O)N2. The van der Waals surface area contributed by atoms with E-state index >= 15 is 0 Å². The lowest BCUT2D eigenvalue weighted by Crippen LogP contribution is -2.44. The zero-order valence-corrected chi connectivity index (χ0v) is 11.1. The summed E-state index contributed by atoms with van der Waals surface area (Å²) in [5.74, 6) is 2.28. The molecule has 1 saturated heterocycles. The fourth-order valence-electron chi connectivity index (χ4n) is 2.89. The number of anilines is 2. The quantitative estimate of drug-likeness (QED) is 0.833. The third-order valence-corrected chi connectivity index (χ3v) is 3.88. The van der Waals surface area contributed by atoms with Crippen LogP contribution in [0.5, 0.6) is 0 Å². The number of aryl methyl sites for hydroxylation is 1. The Balaban J connectivity index is 1.83. The van der Waals surface area contributed by atoms with Crippen LogP contribution in [0.25, 0.3) is 5.95 Å². The van der Waals surface area contributed by atoms with Crippen molar-refractivity contribution in [3.8, 4) is 5.95 Å². The second kappa shape index (κ2) is 4.03. The van der Waals surface area contributed by atoms with E-state index in [-0.39, 0.29) is 11.9 Å². The van der Waals surface area contributed by atoms with Gasteiger partial charge in [0.2, 0.25) is 11.9 Å². The highest BCUT2D eigenvalue weighted by Gasteiger charge is 2.37. The molecule has 4 rings (SSSR count). The minimum atomic E-state index is -0.0888. The Morgan fingerprint density at radius 1 is 1.40 bits per heavy atom. The predicted octanol–water partition coefficient (Wildman–Crippen LogP) is 0.892. The minimum Gasteiger partial charge on any atom is -0.343 e. The van der Waals surface area contributed by atoms with Crippen molar-refractivity contribution in [3.63, 3.8) is 0 Å². The molecule has 0 bridgehead atoms. The van der Waals surface area contributed by atoms with Gasteiger partial charge < -0.3 is 10.2 Å². The molecule has 102 valence electrons. The summed E-state index contributed by atoms with van der Waals surface area (Å²) >= 11 is 0. The third-order valence-electron chi connectivity index (χ3n) is 3.88. The molecule has 2 aromatic heterocycles. The van der Waals surface area contributed by atoms with Gasteiger partial charge in [-0.1, -0.05) is 0 Å². The molecule has 0 radical (unpaired) electrons. The maximum absolute atomic E-state index is 12.0. The first-order valence-corrected chi connectivity index (χ1v) is 6.69. The van der Waals surface area contributed by atoms with E-state index in [2.05, 4.69) is 25.2 Å². The maximum Gasteiger partial charge on any atom is 0.247 e. The standard InChI is InChI=1S/C13H14N6O/c1-8-14-4-6-18(8)13-15-7-9-11(17-13)19-5-2-3-10(19)12(20)16-9/h4,6-7,10H,2-3,5H2,1H3,(H,16,20). The van der Waals surface area contributed by atoms with Crippen LogP contribution in [0.3, 0.4) is 0 Å². The molecular weight excluding hydrogens is 256 g/mol. The monoisotopic (exact) mass is 270 g/mol. The third kappa shape index (κ3) is 1.52. The molecule has 0 saturated carbocycles. The number of nitrogens with zero attached hydrogens (tertiary/aromatic N) is 5. The van der Waals surface area contributed by atoms with Crippen molar-refractivity contribution in [2.24, 2.45) is 0 Å². The average Bonchev–Trinajstić information content (AvgIpc) is 3.08. The lowest BCUT2D eigenvalue weighted by atomic mass is 10.1. The molecule has 0 aliphatic carbocycles. The maximum atomic E-state index is 12.0. The molecule has 2 aromatic rings. The Labute approximate surface area is 115 Å². The van der Waals surface area contributed by atoms with Crippen molar-refractivity contribution in [2.45, 2.75) is 25.8 Å². The highest BCUT2D eigenvalue weighted by molar-refractivity contribution is 6.03. The second-order valence-electron chi connectivity index (χ2n) is 5.09. The van der Waals surface area contributed by atoms with Crippen LogP contribution >= 0.6 is 0 Å². The van der Waals surface area contributed by atoms with Crippen molar-refractivity contribution in [3.05, 3.63) is 24.4 Å². The summed E-state index contributed by atoms with van der Waals surface area (Å²) in [7, 11) is 0. The van der Waals surface area contributed by atoms with Gasteiger partial charge in [0.05, 0.1) is 6.20 Å². The van der Waals surface area contributed by atoms with Crippen molar-refractivity contribution in [1.29, 1.82) is 0 Å². The van der Waals surface area contributed by atoms with Crippen molar-refractivity contribution in [1.82, 2.24) is 19.5 Å².